The van der Waals surface area contributed by atoms with Crippen LogP contribution in [-0.2, 0) is 0 Å². The Morgan fingerprint density at radius 3 is 2.59 bits per heavy atom. The molecule has 0 aliphatic heterocycles. The minimum atomic E-state index is -0.199. The quantitative estimate of drug-likeness (QED) is 0.894. The van der Waals surface area contributed by atoms with Gasteiger partial charge in [-0.05, 0) is 30.3 Å². The molecule has 1 heterocycles. The van der Waals surface area contributed by atoms with Crippen LogP contribution in [0.4, 0.5) is 11.4 Å². The summed E-state index contributed by atoms with van der Waals surface area (Å²) in [6.07, 6.45) is 3.07. The molecule has 0 aliphatic carbocycles. The van der Waals surface area contributed by atoms with E-state index in [-0.39, 0.29) is 5.91 Å². The number of amides is 1. The summed E-state index contributed by atoms with van der Waals surface area (Å²) in [7, 11) is 0. The third-order valence-electron chi connectivity index (χ3n) is 2.21. The molecular formula is C12H10BrN3O. The van der Waals surface area contributed by atoms with Gasteiger partial charge in [0.1, 0.15) is 0 Å². The number of nitrogens with two attached hydrogens (primary N) is 1. The van der Waals surface area contributed by atoms with Crippen molar-refractivity contribution in [3.63, 3.8) is 0 Å². The summed E-state index contributed by atoms with van der Waals surface area (Å²) in [6.45, 7) is 0. The first-order valence-electron chi connectivity index (χ1n) is 4.93. The number of nitrogen functional groups attached to an aromatic ring is 1. The fourth-order valence-corrected chi connectivity index (χ4v) is 1.58. The number of aromatic nitrogens is 1. The Hall–Kier alpha value is -1.88. The molecule has 2 aromatic rings. The van der Waals surface area contributed by atoms with Crippen molar-refractivity contribution in [2.75, 3.05) is 11.1 Å². The summed E-state index contributed by atoms with van der Waals surface area (Å²) in [5.74, 6) is -0.199. The van der Waals surface area contributed by atoms with Crippen LogP contribution in [0, 0.1) is 0 Å². The molecule has 0 saturated heterocycles. The third kappa shape index (κ3) is 2.82. The van der Waals surface area contributed by atoms with E-state index in [1.807, 2.05) is 12.1 Å². The van der Waals surface area contributed by atoms with Crippen LogP contribution in [0.25, 0.3) is 0 Å². The molecule has 0 atom stereocenters. The highest BCUT2D eigenvalue weighted by atomic mass is 79.9. The zero-order valence-electron chi connectivity index (χ0n) is 8.85. The van der Waals surface area contributed by atoms with Gasteiger partial charge in [-0.2, -0.15) is 0 Å². The lowest BCUT2D eigenvalue weighted by atomic mass is 10.2. The van der Waals surface area contributed by atoms with E-state index in [0.717, 1.165) is 4.47 Å². The first kappa shape index (κ1) is 11.6. The molecule has 86 valence electrons. The Balaban J connectivity index is 2.17. The highest BCUT2D eigenvalue weighted by molar-refractivity contribution is 9.10. The standard InChI is InChI=1S/C12H10BrN3O/c13-9-3-1-8(2-4-9)12(17)16-11-5-6-15-7-10(11)14/h1-7H,14H2,(H,15,16,17). The van der Waals surface area contributed by atoms with Crippen LogP contribution in [0.15, 0.2) is 47.2 Å². The SMILES string of the molecule is Nc1cnccc1NC(=O)c1ccc(Br)cc1. The van der Waals surface area contributed by atoms with Crippen LogP contribution in [0.2, 0.25) is 0 Å². The summed E-state index contributed by atoms with van der Waals surface area (Å²) in [4.78, 5) is 15.7. The number of halogens is 1. The molecule has 1 aromatic carbocycles. The summed E-state index contributed by atoms with van der Waals surface area (Å²) in [5, 5.41) is 2.73. The number of carbonyl (C=O) groups is 1. The predicted octanol–water partition coefficient (Wildman–Crippen LogP) is 2.68. The maximum absolute atomic E-state index is 11.9. The molecule has 0 bridgehead atoms. The van der Waals surface area contributed by atoms with E-state index in [0.29, 0.717) is 16.9 Å². The number of benzene rings is 1. The predicted molar refractivity (Wildman–Crippen MR) is 70.7 cm³/mol. The van der Waals surface area contributed by atoms with E-state index in [9.17, 15) is 4.79 Å². The number of pyridine rings is 1. The number of rotatable bonds is 2. The molecule has 2 rings (SSSR count). The maximum atomic E-state index is 11.9. The molecule has 17 heavy (non-hydrogen) atoms. The van der Waals surface area contributed by atoms with Gasteiger partial charge in [-0.3, -0.25) is 9.78 Å². The molecule has 0 aliphatic rings. The van der Waals surface area contributed by atoms with Crippen LogP contribution in [-0.4, -0.2) is 10.9 Å². The molecule has 3 N–H and O–H groups in total. The van der Waals surface area contributed by atoms with Gasteiger partial charge in [-0.1, -0.05) is 15.9 Å². The fraction of sp³-hybridized carbons (Fsp3) is 0. The monoisotopic (exact) mass is 291 g/mol. The van der Waals surface area contributed by atoms with Crippen molar-refractivity contribution < 1.29 is 4.79 Å². The van der Waals surface area contributed by atoms with Gasteiger partial charge < -0.3 is 11.1 Å². The van der Waals surface area contributed by atoms with E-state index >= 15 is 0 Å². The average Bonchev–Trinajstić information content (AvgIpc) is 2.33. The van der Waals surface area contributed by atoms with Gasteiger partial charge in [0.2, 0.25) is 0 Å². The molecule has 4 nitrogen and oxygen atoms in total. The van der Waals surface area contributed by atoms with Crippen molar-refractivity contribution in [1.29, 1.82) is 0 Å². The lowest BCUT2D eigenvalue weighted by Gasteiger charge is -2.07. The fourth-order valence-electron chi connectivity index (χ4n) is 1.32. The lowest BCUT2D eigenvalue weighted by molar-refractivity contribution is 0.102. The van der Waals surface area contributed by atoms with Gasteiger partial charge in [0.05, 0.1) is 17.6 Å². The van der Waals surface area contributed by atoms with Crippen molar-refractivity contribution in [1.82, 2.24) is 4.98 Å². The Labute approximate surface area is 107 Å². The highest BCUT2D eigenvalue weighted by Crippen LogP contribution is 2.17. The second-order valence-electron chi connectivity index (χ2n) is 3.42. The van der Waals surface area contributed by atoms with Gasteiger partial charge in [0, 0.05) is 16.2 Å². The van der Waals surface area contributed by atoms with Gasteiger partial charge in [0.15, 0.2) is 0 Å². The number of hydrogen-bond donors (Lipinski definition) is 2. The van der Waals surface area contributed by atoms with E-state index in [1.165, 1.54) is 6.20 Å². The van der Waals surface area contributed by atoms with Crippen molar-refractivity contribution >= 4 is 33.2 Å². The second-order valence-corrected chi connectivity index (χ2v) is 4.34. The number of hydrogen-bond acceptors (Lipinski definition) is 3. The Morgan fingerprint density at radius 1 is 1.24 bits per heavy atom. The molecule has 0 saturated carbocycles. The Morgan fingerprint density at radius 2 is 1.94 bits per heavy atom. The molecule has 0 fully saturated rings. The van der Waals surface area contributed by atoms with E-state index in [2.05, 4.69) is 26.2 Å². The summed E-state index contributed by atoms with van der Waals surface area (Å²) in [6, 6.07) is 8.75. The second kappa shape index (κ2) is 4.97. The normalized spacial score (nSPS) is 9.94. The van der Waals surface area contributed by atoms with Crippen molar-refractivity contribution in [3.8, 4) is 0 Å². The molecule has 0 spiro atoms. The van der Waals surface area contributed by atoms with Gasteiger partial charge in [0.25, 0.3) is 5.91 Å². The number of carbonyl (C=O) groups excluding carboxylic acids is 1. The van der Waals surface area contributed by atoms with Crippen LogP contribution in [0.5, 0.6) is 0 Å². The zero-order valence-corrected chi connectivity index (χ0v) is 10.4. The van der Waals surface area contributed by atoms with Gasteiger partial charge in [-0.25, -0.2) is 0 Å². The number of anilines is 2. The highest BCUT2D eigenvalue weighted by Gasteiger charge is 2.07. The van der Waals surface area contributed by atoms with Gasteiger partial charge >= 0.3 is 0 Å². The van der Waals surface area contributed by atoms with Crippen LogP contribution in [0.1, 0.15) is 10.4 Å². The minimum Gasteiger partial charge on any atom is -0.396 e. The van der Waals surface area contributed by atoms with Crippen LogP contribution < -0.4 is 11.1 Å². The minimum absolute atomic E-state index is 0.199. The molecule has 0 unspecified atom stereocenters. The summed E-state index contributed by atoms with van der Waals surface area (Å²) < 4.78 is 0.928. The molecule has 0 radical (unpaired) electrons. The van der Waals surface area contributed by atoms with Gasteiger partial charge in [-0.15, -0.1) is 0 Å². The van der Waals surface area contributed by atoms with Crippen molar-refractivity contribution in [3.05, 3.63) is 52.8 Å². The van der Waals surface area contributed by atoms with Crippen molar-refractivity contribution in [2.45, 2.75) is 0 Å². The molecule has 1 aromatic heterocycles. The molecule has 5 heteroatoms. The Kier molecular flexibility index (Phi) is 3.39. The smallest absolute Gasteiger partial charge is 0.255 e. The number of nitrogens with zero attached hydrogens (tertiary/aromatic N) is 1. The first-order chi connectivity index (χ1) is 8.16. The lowest BCUT2D eigenvalue weighted by Crippen LogP contribution is -2.13. The maximum Gasteiger partial charge on any atom is 0.255 e. The van der Waals surface area contributed by atoms with E-state index in [1.54, 1.807) is 24.4 Å². The first-order valence-corrected chi connectivity index (χ1v) is 5.72. The van der Waals surface area contributed by atoms with E-state index < -0.39 is 0 Å². The summed E-state index contributed by atoms with van der Waals surface area (Å²) >= 11 is 3.31. The average molecular weight is 292 g/mol. The van der Waals surface area contributed by atoms with Crippen LogP contribution >= 0.6 is 15.9 Å². The van der Waals surface area contributed by atoms with Crippen LogP contribution in [0.3, 0.4) is 0 Å². The topological polar surface area (TPSA) is 68.0 Å². The van der Waals surface area contributed by atoms with E-state index in [4.69, 9.17) is 5.73 Å². The molecular weight excluding hydrogens is 282 g/mol. The summed E-state index contributed by atoms with van der Waals surface area (Å²) in [5.41, 5.74) is 7.27. The Bertz CT molecular complexity index is 540. The molecule has 1 amide bonds. The number of nitrogens with one attached hydrogen (secondary N) is 1. The largest absolute Gasteiger partial charge is 0.396 e. The van der Waals surface area contributed by atoms with Crippen molar-refractivity contribution in [2.24, 2.45) is 0 Å². The zero-order chi connectivity index (χ0) is 12.3. The third-order valence-corrected chi connectivity index (χ3v) is 2.74.